The van der Waals surface area contributed by atoms with Crippen LogP contribution in [-0.2, 0) is 24.7 Å². The average molecular weight is 477 g/mol. The number of rotatable bonds is 5. The molecular weight excluding hydrogens is 455 g/mol. The summed E-state index contributed by atoms with van der Waals surface area (Å²) in [6, 6.07) is 12.3. The number of hydrogen-bond donors (Lipinski definition) is 1. The van der Waals surface area contributed by atoms with Crippen LogP contribution in [0.1, 0.15) is 18.1 Å². The van der Waals surface area contributed by atoms with Gasteiger partial charge in [0.25, 0.3) is 0 Å². The highest BCUT2D eigenvalue weighted by molar-refractivity contribution is 6.30. The minimum atomic E-state index is -0.430. The van der Waals surface area contributed by atoms with Crippen LogP contribution in [0.5, 0.6) is 0 Å². The van der Waals surface area contributed by atoms with Gasteiger partial charge in [0, 0.05) is 31.5 Å². The zero-order valence-electron chi connectivity index (χ0n) is 18.7. The number of carbonyl (C=O) groups excluding carboxylic acids is 1. The van der Waals surface area contributed by atoms with Crippen LogP contribution in [0.2, 0.25) is 5.15 Å². The molecule has 1 atom stereocenters. The maximum Gasteiger partial charge on any atom is 0.231 e. The quantitative estimate of drug-likeness (QED) is 0.413. The van der Waals surface area contributed by atoms with Gasteiger partial charge in [-0.25, -0.2) is 14.4 Å². The van der Waals surface area contributed by atoms with Gasteiger partial charge < -0.3 is 10.2 Å². The molecule has 1 aliphatic rings. The number of aryl methyl sites for hydroxylation is 1. The molecule has 0 saturated carbocycles. The van der Waals surface area contributed by atoms with E-state index in [4.69, 9.17) is 11.6 Å². The van der Waals surface area contributed by atoms with E-state index in [0.717, 1.165) is 22.5 Å². The summed E-state index contributed by atoms with van der Waals surface area (Å²) in [6.45, 7) is 1.92. The number of carbonyl (C=O) groups is 1. The summed E-state index contributed by atoms with van der Waals surface area (Å²) >= 11 is 6.13. The summed E-state index contributed by atoms with van der Waals surface area (Å²) in [5.74, 6) is 0.779. The Morgan fingerprint density at radius 3 is 2.76 bits per heavy atom. The molecule has 4 heterocycles. The zero-order valence-corrected chi connectivity index (χ0v) is 19.4. The van der Waals surface area contributed by atoms with Gasteiger partial charge in [0.05, 0.1) is 18.3 Å². The highest BCUT2D eigenvalue weighted by Crippen LogP contribution is 2.39. The molecule has 1 amide bonds. The Labute approximate surface area is 201 Å². The first-order valence-electron chi connectivity index (χ1n) is 10.9. The Balaban J connectivity index is 1.44. The van der Waals surface area contributed by atoms with Crippen LogP contribution in [-0.4, -0.2) is 31.7 Å². The molecule has 0 bridgehead atoms. The standard InChI is InChI=1S/C25H22ClFN6O/c1-15-10-19-11-18(16-5-8-28-21(13-16)31-22-6-9-30-32(22)2)12-20(27)24(19)33(15)23(34)14-17-4-3-7-29-25(17)26/h3-9,11-13,15H,10,14H2,1-2H3,(H,28,31)/t15-/m1/s1. The fourth-order valence-electron chi connectivity index (χ4n) is 4.35. The van der Waals surface area contributed by atoms with E-state index in [2.05, 4.69) is 20.4 Å². The van der Waals surface area contributed by atoms with E-state index in [1.54, 1.807) is 40.3 Å². The smallest absolute Gasteiger partial charge is 0.231 e. The lowest BCUT2D eigenvalue weighted by Gasteiger charge is -2.23. The largest absolute Gasteiger partial charge is 0.325 e. The lowest BCUT2D eigenvalue weighted by atomic mass is 10.0. The van der Waals surface area contributed by atoms with Crippen molar-refractivity contribution in [1.29, 1.82) is 0 Å². The number of aromatic nitrogens is 4. The average Bonchev–Trinajstić information content (AvgIpc) is 3.37. The third-order valence-corrected chi connectivity index (χ3v) is 6.30. The monoisotopic (exact) mass is 476 g/mol. The first-order chi connectivity index (χ1) is 16.4. The Morgan fingerprint density at radius 2 is 2.00 bits per heavy atom. The van der Waals surface area contributed by atoms with Crippen LogP contribution >= 0.6 is 11.6 Å². The van der Waals surface area contributed by atoms with Gasteiger partial charge in [0.2, 0.25) is 5.91 Å². The molecule has 9 heteroatoms. The number of halogens is 2. The van der Waals surface area contributed by atoms with Gasteiger partial charge in [0.15, 0.2) is 0 Å². The highest BCUT2D eigenvalue weighted by atomic mass is 35.5. The predicted molar refractivity (Wildman–Crippen MR) is 130 cm³/mol. The lowest BCUT2D eigenvalue weighted by Crippen LogP contribution is -2.37. The number of anilines is 3. The first kappa shape index (κ1) is 22.0. The molecule has 5 rings (SSSR count). The van der Waals surface area contributed by atoms with Crippen molar-refractivity contribution in [2.24, 2.45) is 7.05 Å². The molecule has 1 N–H and O–H groups in total. The second-order valence-electron chi connectivity index (χ2n) is 8.31. The van der Waals surface area contributed by atoms with Crippen molar-refractivity contribution >= 4 is 34.8 Å². The van der Waals surface area contributed by atoms with Crippen molar-refractivity contribution in [1.82, 2.24) is 19.7 Å². The van der Waals surface area contributed by atoms with Crippen molar-refractivity contribution in [2.45, 2.75) is 25.8 Å². The molecule has 1 aliphatic heterocycles. The van der Waals surface area contributed by atoms with E-state index in [9.17, 15) is 4.79 Å². The summed E-state index contributed by atoms with van der Waals surface area (Å²) in [4.78, 5) is 23.0. The number of fused-ring (bicyclic) bond motifs is 1. The van der Waals surface area contributed by atoms with E-state index in [1.165, 1.54) is 6.07 Å². The minimum Gasteiger partial charge on any atom is -0.325 e. The van der Waals surface area contributed by atoms with Crippen LogP contribution in [0.3, 0.4) is 0 Å². The molecule has 34 heavy (non-hydrogen) atoms. The molecule has 4 aromatic rings. The fraction of sp³-hybridized carbons (Fsp3) is 0.200. The van der Waals surface area contributed by atoms with Crippen LogP contribution in [0.4, 0.5) is 21.7 Å². The van der Waals surface area contributed by atoms with Gasteiger partial charge in [-0.3, -0.25) is 9.48 Å². The van der Waals surface area contributed by atoms with Gasteiger partial charge in [-0.05, 0) is 65.9 Å². The van der Waals surface area contributed by atoms with Crippen molar-refractivity contribution in [3.63, 3.8) is 0 Å². The number of nitrogens with one attached hydrogen (secondary N) is 1. The molecule has 0 fully saturated rings. The van der Waals surface area contributed by atoms with E-state index < -0.39 is 5.82 Å². The second-order valence-corrected chi connectivity index (χ2v) is 8.67. The summed E-state index contributed by atoms with van der Waals surface area (Å²) < 4.78 is 17.1. The Kier molecular flexibility index (Phi) is 5.75. The van der Waals surface area contributed by atoms with E-state index >= 15 is 4.39 Å². The van der Waals surface area contributed by atoms with Crippen LogP contribution < -0.4 is 10.2 Å². The lowest BCUT2D eigenvalue weighted by molar-refractivity contribution is -0.118. The number of pyridine rings is 2. The Bertz CT molecular complexity index is 1390. The van der Waals surface area contributed by atoms with Gasteiger partial charge in [-0.2, -0.15) is 5.10 Å². The molecule has 0 radical (unpaired) electrons. The van der Waals surface area contributed by atoms with Gasteiger partial charge >= 0.3 is 0 Å². The van der Waals surface area contributed by atoms with Gasteiger partial charge in [-0.15, -0.1) is 0 Å². The summed E-state index contributed by atoms with van der Waals surface area (Å²) in [5, 5.41) is 7.63. The molecule has 0 aliphatic carbocycles. The second kappa shape index (κ2) is 8.87. The zero-order chi connectivity index (χ0) is 23.8. The summed E-state index contributed by atoms with van der Waals surface area (Å²) in [7, 11) is 1.83. The maximum absolute atomic E-state index is 15.4. The van der Waals surface area contributed by atoms with Crippen LogP contribution in [0.15, 0.2) is 61.1 Å². The third kappa shape index (κ3) is 4.12. The predicted octanol–water partition coefficient (Wildman–Crippen LogP) is 4.93. The number of amides is 1. The van der Waals surface area contributed by atoms with Crippen molar-refractivity contribution in [2.75, 3.05) is 10.2 Å². The normalized spacial score (nSPS) is 14.8. The number of hydrogen-bond acceptors (Lipinski definition) is 5. The van der Waals surface area contributed by atoms with Crippen molar-refractivity contribution in [3.05, 3.63) is 83.2 Å². The SMILES string of the molecule is C[C@@H]1Cc2cc(-c3ccnc(Nc4ccnn4C)c3)cc(F)c2N1C(=O)Cc1cccnc1Cl. The number of benzene rings is 1. The van der Waals surface area contributed by atoms with Gasteiger partial charge in [-0.1, -0.05) is 17.7 Å². The highest BCUT2D eigenvalue weighted by Gasteiger charge is 2.34. The van der Waals surface area contributed by atoms with E-state index in [0.29, 0.717) is 23.5 Å². The molecule has 0 saturated heterocycles. The topological polar surface area (TPSA) is 75.9 Å². The molecule has 0 unspecified atom stereocenters. The van der Waals surface area contributed by atoms with Crippen molar-refractivity contribution < 1.29 is 9.18 Å². The Morgan fingerprint density at radius 1 is 1.15 bits per heavy atom. The molecule has 172 valence electrons. The number of nitrogens with zero attached hydrogens (tertiary/aromatic N) is 5. The van der Waals surface area contributed by atoms with E-state index in [1.807, 2.05) is 38.2 Å². The van der Waals surface area contributed by atoms with Crippen LogP contribution in [0.25, 0.3) is 11.1 Å². The Hall–Kier alpha value is -3.78. The summed E-state index contributed by atoms with van der Waals surface area (Å²) in [6.07, 6.45) is 5.57. The molecule has 0 spiro atoms. The third-order valence-electron chi connectivity index (χ3n) is 5.96. The molecular formula is C25H22ClFN6O. The van der Waals surface area contributed by atoms with E-state index in [-0.39, 0.29) is 23.5 Å². The molecule has 1 aromatic carbocycles. The van der Waals surface area contributed by atoms with Crippen molar-refractivity contribution in [3.8, 4) is 11.1 Å². The summed E-state index contributed by atoms with van der Waals surface area (Å²) in [5.41, 5.74) is 3.30. The molecule has 7 nitrogen and oxygen atoms in total. The minimum absolute atomic E-state index is 0.0606. The fourth-order valence-corrected chi connectivity index (χ4v) is 4.54. The first-order valence-corrected chi connectivity index (χ1v) is 11.2. The van der Waals surface area contributed by atoms with Crippen LogP contribution in [0, 0.1) is 5.82 Å². The van der Waals surface area contributed by atoms with Gasteiger partial charge in [0.1, 0.15) is 22.6 Å². The molecule has 3 aromatic heterocycles. The maximum atomic E-state index is 15.4.